The van der Waals surface area contributed by atoms with E-state index in [1.54, 1.807) is 6.92 Å². The molecule has 22 heavy (non-hydrogen) atoms. The van der Waals surface area contributed by atoms with Crippen LogP contribution in [-0.4, -0.2) is 23.6 Å². The number of nitrogens with zero attached hydrogens (tertiary/aromatic N) is 1. The molecule has 0 aliphatic heterocycles. The van der Waals surface area contributed by atoms with Crippen LogP contribution in [0.2, 0.25) is 10.0 Å². The molecule has 0 saturated carbocycles. The molecular formula is C13H11Cl2N3O4. The minimum Gasteiger partial charge on any atom is -0.452 e. The summed E-state index contributed by atoms with van der Waals surface area (Å²) in [4.78, 5) is 23.5. The van der Waals surface area contributed by atoms with Gasteiger partial charge in [-0.2, -0.15) is 0 Å². The largest absolute Gasteiger partial charge is 0.452 e. The maximum atomic E-state index is 11.9. The Balaban J connectivity index is 1.96. The Morgan fingerprint density at radius 3 is 2.73 bits per heavy atom. The molecule has 7 nitrogen and oxygen atoms in total. The number of carbonyl (C=O) groups excluding carboxylic acids is 2. The van der Waals surface area contributed by atoms with Crippen molar-refractivity contribution in [3.63, 3.8) is 0 Å². The van der Waals surface area contributed by atoms with Crippen molar-refractivity contribution in [3.8, 4) is 0 Å². The van der Waals surface area contributed by atoms with E-state index in [2.05, 4.69) is 10.5 Å². The monoisotopic (exact) mass is 343 g/mol. The predicted molar refractivity (Wildman–Crippen MR) is 81.0 cm³/mol. The number of amides is 1. The first-order valence-corrected chi connectivity index (χ1v) is 6.77. The highest BCUT2D eigenvalue weighted by molar-refractivity contribution is 6.37. The Morgan fingerprint density at radius 2 is 2.09 bits per heavy atom. The van der Waals surface area contributed by atoms with E-state index >= 15 is 0 Å². The Morgan fingerprint density at radius 1 is 1.36 bits per heavy atom. The minimum atomic E-state index is -0.812. The number of halogens is 2. The molecule has 0 spiro atoms. The number of nitrogen functional groups attached to an aromatic ring is 1. The zero-order valence-corrected chi connectivity index (χ0v) is 12.9. The molecule has 0 fully saturated rings. The molecule has 2 rings (SSSR count). The van der Waals surface area contributed by atoms with Crippen molar-refractivity contribution in [3.05, 3.63) is 39.6 Å². The summed E-state index contributed by atoms with van der Waals surface area (Å²) in [5, 5.41) is 6.34. The maximum absolute atomic E-state index is 11.9. The van der Waals surface area contributed by atoms with Crippen molar-refractivity contribution in [1.82, 2.24) is 5.16 Å². The van der Waals surface area contributed by atoms with Crippen LogP contribution < -0.4 is 11.1 Å². The number of esters is 1. The maximum Gasteiger partial charge on any atom is 0.340 e. The van der Waals surface area contributed by atoms with Gasteiger partial charge in [-0.3, -0.25) is 4.79 Å². The number of anilines is 2. The van der Waals surface area contributed by atoms with E-state index in [1.807, 2.05) is 0 Å². The van der Waals surface area contributed by atoms with Crippen molar-refractivity contribution < 1.29 is 18.8 Å². The van der Waals surface area contributed by atoms with Crippen LogP contribution in [0.15, 0.2) is 22.7 Å². The number of ether oxygens (including phenoxy) is 1. The molecule has 0 radical (unpaired) electrons. The van der Waals surface area contributed by atoms with E-state index in [0.717, 1.165) is 0 Å². The number of nitrogens with one attached hydrogen (secondary N) is 1. The van der Waals surface area contributed by atoms with E-state index in [-0.39, 0.29) is 27.1 Å². The van der Waals surface area contributed by atoms with Crippen molar-refractivity contribution in [2.75, 3.05) is 17.7 Å². The molecule has 1 amide bonds. The SMILES string of the molecule is Cc1cc(NC(=O)COC(=O)c2cc(Cl)cc(Cl)c2N)no1. The van der Waals surface area contributed by atoms with Crippen LogP contribution in [0.5, 0.6) is 0 Å². The number of hydrogen-bond donors (Lipinski definition) is 2. The number of hydrogen-bond acceptors (Lipinski definition) is 6. The number of carbonyl (C=O) groups is 2. The van der Waals surface area contributed by atoms with Gasteiger partial charge in [-0.05, 0) is 19.1 Å². The number of rotatable bonds is 4. The third-order valence-electron chi connectivity index (χ3n) is 2.54. The number of nitrogens with two attached hydrogens (primary N) is 1. The van der Waals surface area contributed by atoms with Gasteiger partial charge in [0.25, 0.3) is 5.91 Å². The molecule has 0 saturated heterocycles. The van der Waals surface area contributed by atoms with Gasteiger partial charge in [0, 0.05) is 11.1 Å². The van der Waals surface area contributed by atoms with Crippen LogP contribution in [0.4, 0.5) is 11.5 Å². The molecule has 9 heteroatoms. The zero-order chi connectivity index (χ0) is 16.3. The van der Waals surface area contributed by atoms with Gasteiger partial charge in [-0.1, -0.05) is 28.4 Å². The van der Waals surface area contributed by atoms with E-state index in [4.69, 9.17) is 38.2 Å². The molecule has 3 N–H and O–H groups in total. The summed E-state index contributed by atoms with van der Waals surface area (Å²) in [7, 11) is 0. The van der Waals surface area contributed by atoms with Crippen molar-refractivity contribution >= 4 is 46.6 Å². The fraction of sp³-hybridized carbons (Fsp3) is 0.154. The molecule has 1 aromatic carbocycles. The van der Waals surface area contributed by atoms with E-state index in [0.29, 0.717) is 5.76 Å². The molecule has 0 aliphatic carbocycles. The second kappa shape index (κ2) is 6.67. The van der Waals surface area contributed by atoms with E-state index < -0.39 is 18.5 Å². The van der Waals surface area contributed by atoms with Crippen LogP contribution in [0.3, 0.4) is 0 Å². The third kappa shape index (κ3) is 3.90. The summed E-state index contributed by atoms with van der Waals surface area (Å²) in [6.45, 7) is 1.16. The summed E-state index contributed by atoms with van der Waals surface area (Å²) >= 11 is 11.6. The van der Waals surface area contributed by atoms with E-state index in [1.165, 1.54) is 18.2 Å². The topological polar surface area (TPSA) is 107 Å². The normalized spacial score (nSPS) is 10.3. The standard InChI is InChI=1S/C13H11Cl2N3O4/c1-6-2-10(18-22-6)17-11(19)5-21-13(20)8-3-7(14)4-9(15)12(8)16/h2-4H,5,16H2,1H3,(H,17,18,19). The quantitative estimate of drug-likeness (QED) is 0.652. The average Bonchev–Trinajstić information content (AvgIpc) is 2.85. The molecule has 0 atom stereocenters. The highest BCUT2D eigenvalue weighted by Crippen LogP contribution is 2.28. The Labute approximate surface area is 135 Å². The van der Waals surface area contributed by atoms with Gasteiger partial charge in [-0.15, -0.1) is 0 Å². The van der Waals surface area contributed by atoms with Crippen LogP contribution >= 0.6 is 23.2 Å². The van der Waals surface area contributed by atoms with Gasteiger partial charge in [0.05, 0.1) is 16.3 Å². The lowest BCUT2D eigenvalue weighted by Crippen LogP contribution is -2.21. The highest BCUT2D eigenvalue weighted by atomic mass is 35.5. The van der Waals surface area contributed by atoms with Crippen LogP contribution in [0.25, 0.3) is 0 Å². The lowest BCUT2D eigenvalue weighted by Gasteiger charge is -2.08. The lowest BCUT2D eigenvalue weighted by molar-refractivity contribution is -0.119. The van der Waals surface area contributed by atoms with Crippen LogP contribution in [-0.2, 0) is 9.53 Å². The van der Waals surface area contributed by atoms with Gasteiger partial charge in [0.2, 0.25) is 0 Å². The van der Waals surface area contributed by atoms with Crippen molar-refractivity contribution in [2.45, 2.75) is 6.92 Å². The fourth-order valence-corrected chi connectivity index (χ4v) is 2.06. The predicted octanol–water partition coefficient (Wildman–Crippen LogP) is 2.67. The molecule has 1 heterocycles. The Kier molecular flexibility index (Phi) is 4.89. The lowest BCUT2D eigenvalue weighted by atomic mass is 10.2. The van der Waals surface area contributed by atoms with Crippen molar-refractivity contribution in [1.29, 1.82) is 0 Å². The number of aryl methyl sites for hydroxylation is 1. The highest BCUT2D eigenvalue weighted by Gasteiger charge is 2.17. The second-order valence-electron chi connectivity index (χ2n) is 4.30. The second-order valence-corrected chi connectivity index (χ2v) is 5.14. The summed E-state index contributed by atoms with van der Waals surface area (Å²) in [5.74, 6) is -0.626. The van der Waals surface area contributed by atoms with Gasteiger partial charge in [0.15, 0.2) is 12.4 Å². The minimum absolute atomic E-state index is 0.0115. The first kappa shape index (κ1) is 16.1. The van der Waals surface area contributed by atoms with Gasteiger partial charge in [0.1, 0.15) is 5.76 Å². The molecule has 2 aromatic rings. The first-order valence-electron chi connectivity index (χ1n) is 6.01. The van der Waals surface area contributed by atoms with Crippen molar-refractivity contribution in [2.24, 2.45) is 0 Å². The number of benzene rings is 1. The van der Waals surface area contributed by atoms with Crippen LogP contribution in [0.1, 0.15) is 16.1 Å². The molecule has 1 aromatic heterocycles. The third-order valence-corrected chi connectivity index (χ3v) is 3.07. The van der Waals surface area contributed by atoms with Gasteiger partial charge >= 0.3 is 5.97 Å². The molecule has 0 aliphatic rings. The number of aromatic nitrogens is 1. The Bertz CT molecular complexity index is 730. The average molecular weight is 344 g/mol. The molecular weight excluding hydrogens is 333 g/mol. The van der Waals surface area contributed by atoms with Gasteiger partial charge < -0.3 is 20.3 Å². The molecule has 0 bridgehead atoms. The molecule has 116 valence electrons. The van der Waals surface area contributed by atoms with Crippen LogP contribution in [0, 0.1) is 6.92 Å². The first-order chi connectivity index (χ1) is 10.4. The summed E-state index contributed by atoms with van der Waals surface area (Å²) in [5.41, 5.74) is 5.69. The fourth-order valence-electron chi connectivity index (χ4n) is 1.57. The smallest absolute Gasteiger partial charge is 0.340 e. The molecule has 0 unspecified atom stereocenters. The van der Waals surface area contributed by atoms with Gasteiger partial charge in [-0.25, -0.2) is 4.79 Å². The summed E-state index contributed by atoms with van der Waals surface area (Å²) in [6, 6.07) is 4.23. The summed E-state index contributed by atoms with van der Waals surface area (Å²) in [6.07, 6.45) is 0. The van der Waals surface area contributed by atoms with E-state index in [9.17, 15) is 9.59 Å². The summed E-state index contributed by atoms with van der Waals surface area (Å²) < 4.78 is 9.64. The zero-order valence-electron chi connectivity index (χ0n) is 11.4. The Hall–Kier alpha value is -2.25.